The molecule has 0 aliphatic heterocycles. The Bertz CT molecular complexity index is 390. The van der Waals surface area contributed by atoms with Crippen LogP contribution in [0.2, 0.25) is 0 Å². The van der Waals surface area contributed by atoms with Crippen molar-refractivity contribution < 1.29 is 24.2 Å². The Kier molecular flexibility index (Phi) is 9.20. The first-order chi connectivity index (χ1) is 10.2. The van der Waals surface area contributed by atoms with E-state index in [1.54, 1.807) is 27.7 Å². The zero-order chi connectivity index (χ0) is 17.2. The van der Waals surface area contributed by atoms with E-state index in [-0.39, 0.29) is 18.9 Å². The number of ether oxygens (including phenoxy) is 2. The van der Waals surface area contributed by atoms with Crippen LogP contribution in [-0.4, -0.2) is 54.1 Å². The van der Waals surface area contributed by atoms with Crippen LogP contribution in [0.1, 0.15) is 34.1 Å². The monoisotopic (exact) mass is 317 g/mol. The maximum absolute atomic E-state index is 11.7. The van der Waals surface area contributed by atoms with Gasteiger partial charge in [0, 0.05) is 13.1 Å². The lowest BCUT2D eigenvalue weighted by Crippen LogP contribution is -2.38. The number of hydrazine groups is 1. The maximum atomic E-state index is 11.7. The molecule has 0 aromatic rings. The van der Waals surface area contributed by atoms with Crippen LogP contribution in [0.5, 0.6) is 0 Å². The average molecular weight is 317 g/mol. The third-order valence-electron chi connectivity index (χ3n) is 2.32. The molecule has 0 unspecified atom stereocenters. The molecule has 128 valence electrons. The Morgan fingerprint density at radius 1 is 1.36 bits per heavy atom. The smallest absolute Gasteiger partial charge is 0.407 e. The van der Waals surface area contributed by atoms with E-state index in [0.717, 1.165) is 0 Å². The van der Waals surface area contributed by atoms with Crippen LogP contribution < -0.4 is 11.2 Å². The summed E-state index contributed by atoms with van der Waals surface area (Å²) in [7, 11) is 0. The number of aliphatic hydroxyl groups excluding tert-OH is 1. The van der Waals surface area contributed by atoms with Crippen molar-refractivity contribution in [3.63, 3.8) is 0 Å². The lowest BCUT2D eigenvalue weighted by atomic mass is 10.2. The second-order valence-electron chi connectivity index (χ2n) is 5.47. The van der Waals surface area contributed by atoms with Gasteiger partial charge in [-0.05, 0) is 40.2 Å². The quantitative estimate of drug-likeness (QED) is 0.196. The Labute approximate surface area is 131 Å². The summed E-state index contributed by atoms with van der Waals surface area (Å²) in [4.78, 5) is 23.1. The minimum Gasteiger partial charge on any atom is -0.461 e. The van der Waals surface area contributed by atoms with E-state index in [1.165, 1.54) is 11.1 Å². The Hall–Kier alpha value is -1.80. The summed E-state index contributed by atoms with van der Waals surface area (Å²) in [5.74, 6) is 5.16. The fraction of sp³-hybridized carbons (Fsp3) is 0.714. The largest absolute Gasteiger partial charge is 0.461 e. The van der Waals surface area contributed by atoms with Crippen molar-refractivity contribution in [2.24, 2.45) is 5.84 Å². The van der Waals surface area contributed by atoms with Crippen molar-refractivity contribution in [1.82, 2.24) is 10.3 Å². The molecule has 0 bridgehead atoms. The minimum atomic E-state index is -0.598. The molecule has 0 radical (unpaired) electrons. The van der Waals surface area contributed by atoms with Crippen LogP contribution in [-0.2, 0) is 14.3 Å². The summed E-state index contributed by atoms with van der Waals surface area (Å²) >= 11 is 0. The van der Waals surface area contributed by atoms with Crippen molar-refractivity contribution in [1.29, 1.82) is 0 Å². The number of hydrogen-bond acceptors (Lipinski definition) is 7. The Morgan fingerprint density at radius 2 is 2.00 bits per heavy atom. The SMILES string of the molecule is CCOC(=O)C(=CCO)N(N)CCCNC(=O)OC(C)(C)C. The number of hydrogen-bond donors (Lipinski definition) is 3. The van der Waals surface area contributed by atoms with Crippen LogP contribution in [0.3, 0.4) is 0 Å². The molecule has 22 heavy (non-hydrogen) atoms. The van der Waals surface area contributed by atoms with Gasteiger partial charge in [-0.3, -0.25) is 0 Å². The van der Waals surface area contributed by atoms with Crippen LogP contribution in [0.4, 0.5) is 4.79 Å². The lowest BCUT2D eigenvalue weighted by Gasteiger charge is -2.22. The van der Waals surface area contributed by atoms with Gasteiger partial charge in [0.1, 0.15) is 11.3 Å². The van der Waals surface area contributed by atoms with Crippen molar-refractivity contribution in [2.45, 2.75) is 39.7 Å². The second kappa shape index (κ2) is 10.0. The van der Waals surface area contributed by atoms with E-state index in [0.29, 0.717) is 19.5 Å². The van der Waals surface area contributed by atoms with E-state index in [2.05, 4.69) is 5.32 Å². The summed E-state index contributed by atoms with van der Waals surface area (Å²) in [6, 6.07) is 0. The van der Waals surface area contributed by atoms with Gasteiger partial charge < -0.3 is 24.9 Å². The molecule has 0 fully saturated rings. The van der Waals surface area contributed by atoms with Gasteiger partial charge in [0.2, 0.25) is 0 Å². The molecule has 0 aromatic heterocycles. The predicted molar refractivity (Wildman–Crippen MR) is 81.5 cm³/mol. The van der Waals surface area contributed by atoms with Crippen LogP contribution in [0, 0.1) is 0 Å². The average Bonchev–Trinajstić information content (AvgIpc) is 2.38. The highest BCUT2D eigenvalue weighted by atomic mass is 16.6. The molecule has 0 rings (SSSR count). The maximum Gasteiger partial charge on any atom is 0.407 e. The first-order valence-electron chi connectivity index (χ1n) is 7.18. The van der Waals surface area contributed by atoms with Gasteiger partial charge in [-0.15, -0.1) is 0 Å². The number of amides is 1. The molecule has 0 aliphatic rings. The van der Waals surface area contributed by atoms with Gasteiger partial charge in [0.15, 0.2) is 0 Å². The van der Waals surface area contributed by atoms with Gasteiger partial charge in [-0.25, -0.2) is 15.4 Å². The predicted octanol–water partition coefficient (Wildman–Crippen LogP) is 0.516. The van der Waals surface area contributed by atoms with E-state index >= 15 is 0 Å². The van der Waals surface area contributed by atoms with Crippen molar-refractivity contribution >= 4 is 12.1 Å². The third-order valence-corrected chi connectivity index (χ3v) is 2.32. The molecule has 0 saturated heterocycles. The number of nitrogens with two attached hydrogens (primary N) is 1. The number of carbonyl (C=O) groups is 2. The summed E-state index contributed by atoms with van der Waals surface area (Å²) in [6.07, 6.45) is 1.27. The van der Waals surface area contributed by atoms with E-state index in [1.807, 2.05) is 0 Å². The number of aliphatic hydroxyl groups is 1. The summed E-state index contributed by atoms with van der Waals surface area (Å²) in [5, 5.41) is 12.7. The number of alkyl carbamates (subject to hydrolysis) is 1. The van der Waals surface area contributed by atoms with Crippen LogP contribution in [0.15, 0.2) is 11.8 Å². The molecule has 0 saturated carbocycles. The van der Waals surface area contributed by atoms with Crippen molar-refractivity contribution in [3.05, 3.63) is 11.8 Å². The molecule has 4 N–H and O–H groups in total. The summed E-state index contributed by atoms with van der Waals surface area (Å²) in [6.45, 7) is 7.56. The van der Waals surface area contributed by atoms with Crippen LogP contribution >= 0.6 is 0 Å². The summed E-state index contributed by atoms with van der Waals surface area (Å²) in [5.41, 5.74) is -0.466. The lowest BCUT2D eigenvalue weighted by molar-refractivity contribution is -0.140. The highest BCUT2D eigenvalue weighted by Crippen LogP contribution is 2.06. The van der Waals surface area contributed by atoms with Crippen LogP contribution in [0.25, 0.3) is 0 Å². The molecular weight excluding hydrogens is 290 g/mol. The molecule has 0 aliphatic carbocycles. The topological polar surface area (TPSA) is 114 Å². The fourth-order valence-corrected chi connectivity index (χ4v) is 1.48. The molecule has 0 spiro atoms. The molecule has 0 aromatic carbocycles. The fourth-order valence-electron chi connectivity index (χ4n) is 1.48. The second-order valence-corrected chi connectivity index (χ2v) is 5.47. The third kappa shape index (κ3) is 9.19. The molecular formula is C14H27N3O5. The highest BCUT2D eigenvalue weighted by Gasteiger charge is 2.17. The molecule has 1 amide bonds. The zero-order valence-electron chi connectivity index (χ0n) is 13.7. The van der Waals surface area contributed by atoms with E-state index in [9.17, 15) is 9.59 Å². The zero-order valence-corrected chi connectivity index (χ0v) is 13.7. The van der Waals surface area contributed by atoms with Gasteiger partial charge in [-0.1, -0.05) is 0 Å². The first kappa shape index (κ1) is 20.2. The normalized spacial score (nSPS) is 11.8. The van der Waals surface area contributed by atoms with Gasteiger partial charge in [0.25, 0.3) is 0 Å². The molecule has 0 atom stereocenters. The molecule has 8 heteroatoms. The first-order valence-corrected chi connectivity index (χ1v) is 7.18. The standard InChI is InChI=1S/C14H27N3O5/c1-5-21-12(19)11(7-10-18)17(15)9-6-8-16-13(20)22-14(2,3)4/h7,18H,5-6,8-10,15H2,1-4H3,(H,16,20). The van der Waals surface area contributed by atoms with Gasteiger partial charge in [-0.2, -0.15) is 0 Å². The Balaban J connectivity index is 4.20. The Morgan fingerprint density at radius 3 is 2.50 bits per heavy atom. The molecule has 8 nitrogen and oxygen atoms in total. The van der Waals surface area contributed by atoms with Gasteiger partial charge >= 0.3 is 12.1 Å². The number of nitrogens with one attached hydrogen (secondary N) is 1. The van der Waals surface area contributed by atoms with Gasteiger partial charge in [0.05, 0.1) is 13.2 Å². The summed E-state index contributed by atoms with van der Waals surface area (Å²) < 4.78 is 9.93. The highest BCUT2D eigenvalue weighted by molar-refractivity contribution is 5.87. The van der Waals surface area contributed by atoms with Crippen molar-refractivity contribution in [2.75, 3.05) is 26.3 Å². The molecule has 0 heterocycles. The van der Waals surface area contributed by atoms with Crippen molar-refractivity contribution in [3.8, 4) is 0 Å². The number of nitrogens with zero attached hydrogens (tertiary/aromatic N) is 1. The van der Waals surface area contributed by atoms with E-state index < -0.39 is 17.7 Å². The minimum absolute atomic E-state index is 0.0848. The number of rotatable bonds is 8. The number of esters is 1. The number of carbonyl (C=O) groups excluding carboxylic acids is 2. The van der Waals surface area contributed by atoms with E-state index in [4.69, 9.17) is 20.4 Å².